The van der Waals surface area contributed by atoms with Crippen LogP contribution in [0, 0.1) is 6.92 Å². The van der Waals surface area contributed by atoms with Gasteiger partial charge in [0.05, 0.1) is 0 Å². The Hall–Kier alpha value is -2.00. The van der Waals surface area contributed by atoms with E-state index in [1.807, 2.05) is 37.3 Å². The molecule has 0 bridgehead atoms. The molecule has 0 spiro atoms. The summed E-state index contributed by atoms with van der Waals surface area (Å²) in [5, 5.41) is 10.2. The lowest BCUT2D eigenvalue weighted by atomic mass is 10.2. The zero-order chi connectivity index (χ0) is 14.7. The molecule has 1 N–H and O–H groups in total. The largest absolute Gasteiger partial charge is 0.491 e. The molecule has 21 heavy (non-hydrogen) atoms. The summed E-state index contributed by atoms with van der Waals surface area (Å²) in [6.45, 7) is 3.94. The van der Waals surface area contributed by atoms with E-state index in [9.17, 15) is 5.11 Å². The third kappa shape index (κ3) is 3.37. The molecule has 1 atom stereocenters. The molecule has 2 aromatic carbocycles. The molecule has 3 nitrogen and oxygen atoms in total. The number of aliphatic hydroxyl groups is 1. The van der Waals surface area contributed by atoms with Crippen molar-refractivity contribution in [3.05, 3.63) is 59.7 Å². The number of aliphatic hydroxyl groups excluding tert-OH is 1. The first-order valence-corrected chi connectivity index (χ1v) is 7.43. The Balaban J connectivity index is 1.54. The van der Waals surface area contributed by atoms with Crippen LogP contribution in [0.4, 0.5) is 5.69 Å². The minimum Gasteiger partial charge on any atom is -0.491 e. The second-order valence-corrected chi connectivity index (χ2v) is 5.61. The monoisotopic (exact) mass is 283 g/mol. The SMILES string of the molecule is Cc1cccc(OCC(O)CN2CCc3ccccc32)c1. The van der Waals surface area contributed by atoms with Crippen molar-refractivity contribution in [1.82, 2.24) is 0 Å². The normalized spacial score (nSPS) is 14.9. The Bertz CT molecular complexity index is 612. The summed E-state index contributed by atoms with van der Waals surface area (Å²) in [6.07, 6.45) is 0.568. The zero-order valence-electron chi connectivity index (χ0n) is 12.3. The van der Waals surface area contributed by atoms with Crippen molar-refractivity contribution >= 4 is 5.69 Å². The third-order valence-electron chi connectivity index (χ3n) is 3.85. The summed E-state index contributed by atoms with van der Waals surface area (Å²) in [5.74, 6) is 0.816. The minimum atomic E-state index is -0.489. The van der Waals surface area contributed by atoms with Gasteiger partial charge in [-0.3, -0.25) is 0 Å². The van der Waals surface area contributed by atoms with E-state index < -0.39 is 6.10 Å². The molecule has 0 aromatic heterocycles. The van der Waals surface area contributed by atoms with Crippen molar-refractivity contribution < 1.29 is 9.84 Å². The molecule has 3 rings (SSSR count). The summed E-state index contributed by atoms with van der Waals surface area (Å²) < 4.78 is 5.67. The number of β-amino-alcohol motifs (C(OH)–C–C–N with tert-alkyl or cyclic N) is 1. The molecule has 1 aliphatic heterocycles. The standard InChI is InChI=1S/C18H21NO2/c1-14-5-4-7-17(11-14)21-13-16(20)12-19-10-9-15-6-2-3-8-18(15)19/h2-8,11,16,20H,9-10,12-13H2,1H3. The molecule has 0 radical (unpaired) electrons. The fourth-order valence-corrected chi connectivity index (χ4v) is 2.80. The van der Waals surface area contributed by atoms with E-state index in [1.165, 1.54) is 11.3 Å². The molecular weight excluding hydrogens is 262 g/mol. The van der Waals surface area contributed by atoms with Crippen LogP contribution in [0.25, 0.3) is 0 Å². The molecule has 0 fully saturated rings. The molecule has 0 saturated heterocycles. The van der Waals surface area contributed by atoms with E-state index in [2.05, 4.69) is 23.1 Å². The summed E-state index contributed by atoms with van der Waals surface area (Å²) in [5.41, 5.74) is 3.77. The number of ether oxygens (including phenoxy) is 1. The molecule has 1 aliphatic rings. The number of aryl methyl sites for hydroxylation is 1. The van der Waals surface area contributed by atoms with Gasteiger partial charge in [0.25, 0.3) is 0 Å². The number of benzene rings is 2. The highest BCUT2D eigenvalue weighted by Crippen LogP contribution is 2.27. The van der Waals surface area contributed by atoms with Gasteiger partial charge in [0.15, 0.2) is 0 Å². The predicted molar refractivity (Wildman–Crippen MR) is 85.0 cm³/mol. The average molecular weight is 283 g/mol. The van der Waals surface area contributed by atoms with Crippen LogP contribution in [0.15, 0.2) is 48.5 Å². The van der Waals surface area contributed by atoms with Gasteiger partial charge in [0.1, 0.15) is 18.5 Å². The van der Waals surface area contributed by atoms with Gasteiger partial charge >= 0.3 is 0 Å². The van der Waals surface area contributed by atoms with Gasteiger partial charge in [0.2, 0.25) is 0 Å². The summed E-state index contributed by atoms with van der Waals surface area (Å²) in [6, 6.07) is 16.3. The predicted octanol–water partition coefficient (Wildman–Crippen LogP) is 2.80. The fraction of sp³-hybridized carbons (Fsp3) is 0.333. The van der Waals surface area contributed by atoms with Gasteiger partial charge in [-0.1, -0.05) is 30.3 Å². The Morgan fingerprint density at radius 2 is 2.05 bits per heavy atom. The van der Waals surface area contributed by atoms with E-state index in [4.69, 9.17) is 4.74 Å². The lowest BCUT2D eigenvalue weighted by molar-refractivity contribution is 0.112. The van der Waals surface area contributed by atoms with Gasteiger partial charge in [0, 0.05) is 18.8 Å². The Morgan fingerprint density at radius 3 is 2.90 bits per heavy atom. The fourth-order valence-electron chi connectivity index (χ4n) is 2.80. The van der Waals surface area contributed by atoms with Gasteiger partial charge in [-0.2, -0.15) is 0 Å². The molecule has 110 valence electrons. The molecule has 1 unspecified atom stereocenters. The van der Waals surface area contributed by atoms with Crippen LogP contribution < -0.4 is 9.64 Å². The molecule has 0 saturated carbocycles. The first-order chi connectivity index (χ1) is 10.2. The van der Waals surface area contributed by atoms with Crippen molar-refractivity contribution in [3.63, 3.8) is 0 Å². The van der Waals surface area contributed by atoms with Crippen molar-refractivity contribution in [2.75, 3.05) is 24.6 Å². The maximum absolute atomic E-state index is 10.2. The van der Waals surface area contributed by atoms with E-state index in [0.29, 0.717) is 13.2 Å². The van der Waals surface area contributed by atoms with Crippen LogP contribution in [-0.4, -0.2) is 30.9 Å². The van der Waals surface area contributed by atoms with Crippen LogP contribution in [-0.2, 0) is 6.42 Å². The lowest BCUT2D eigenvalue weighted by Gasteiger charge is -2.23. The smallest absolute Gasteiger partial charge is 0.119 e. The number of fused-ring (bicyclic) bond motifs is 1. The van der Waals surface area contributed by atoms with Gasteiger partial charge in [-0.05, 0) is 42.7 Å². The van der Waals surface area contributed by atoms with Gasteiger partial charge in [-0.15, -0.1) is 0 Å². The average Bonchev–Trinajstić information content (AvgIpc) is 2.89. The number of anilines is 1. The van der Waals surface area contributed by atoms with Gasteiger partial charge in [-0.25, -0.2) is 0 Å². The maximum Gasteiger partial charge on any atom is 0.119 e. The molecule has 0 aliphatic carbocycles. The quantitative estimate of drug-likeness (QED) is 0.916. The van der Waals surface area contributed by atoms with Crippen molar-refractivity contribution in [2.24, 2.45) is 0 Å². The van der Waals surface area contributed by atoms with E-state index in [0.717, 1.165) is 24.3 Å². The van der Waals surface area contributed by atoms with Gasteiger partial charge < -0.3 is 14.7 Å². The third-order valence-corrected chi connectivity index (χ3v) is 3.85. The summed E-state index contributed by atoms with van der Waals surface area (Å²) >= 11 is 0. The van der Waals surface area contributed by atoms with Crippen LogP contribution in [0.5, 0.6) is 5.75 Å². The number of hydrogen-bond acceptors (Lipinski definition) is 3. The zero-order valence-corrected chi connectivity index (χ0v) is 12.3. The highest BCUT2D eigenvalue weighted by Gasteiger charge is 2.20. The topological polar surface area (TPSA) is 32.7 Å². The van der Waals surface area contributed by atoms with Crippen molar-refractivity contribution in [1.29, 1.82) is 0 Å². The molecule has 0 amide bonds. The molecule has 1 heterocycles. The molecular formula is C18H21NO2. The summed E-state index contributed by atoms with van der Waals surface area (Å²) in [7, 11) is 0. The summed E-state index contributed by atoms with van der Waals surface area (Å²) in [4.78, 5) is 2.24. The molecule has 2 aromatic rings. The van der Waals surface area contributed by atoms with Crippen molar-refractivity contribution in [3.8, 4) is 5.75 Å². The highest BCUT2D eigenvalue weighted by molar-refractivity contribution is 5.57. The van der Waals surface area contributed by atoms with Crippen LogP contribution in [0.2, 0.25) is 0 Å². The van der Waals surface area contributed by atoms with Crippen LogP contribution in [0.1, 0.15) is 11.1 Å². The Kier molecular flexibility index (Phi) is 4.11. The van der Waals surface area contributed by atoms with Crippen LogP contribution in [0.3, 0.4) is 0 Å². The van der Waals surface area contributed by atoms with E-state index >= 15 is 0 Å². The second kappa shape index (κ2) is 6.19. The number of hydrogen-bond donors (Lipinski definition) is 1. The maximum atomic E-state index is 10.2. The number of para-hydroxylation sites is 1. The first kappa shape index (κ1) is 14.0. The van der Waals surface area contributed by atoms with E-state index in [-0.39, 0.29) is 0 Å². The van der Waals surface area contributed by atoms with Crippen LogP contribution >= 0.6 is 0 Å². The minimum absolute atomic E-state index is 0.322. The number of rotatable bonds is 5. The van der Waals surface area contributed by atoms with Crippen molar-refractivity contribution in [2.45, 2.75) is 19.4 Å². The molecule has 3 heteroatoms. The second-order valence-electron chi connectivity index (χ2n) is 5.61. The number of nitrogens with zero attached hydrogens (tertiary/aromatic N) is 1. The first-order valence-electron chi connectivity index (χ1n) is 7.43. The lowest BCUT2D eigenvalue weighted by Crippen LogP contribution is -2.34. The highest BCUT2D eigenvalue weighted by atomic mass is 16.5. The Labute approximate surface area is 125 Å². The Morgan fingerprint density at radius 1 is 1.19 bits per heavy atom. The van der Waals surface area contributed by atoms with E-state index in [1.54, 1.807) is 0 Å².